The van der Waals surface area contributed by atoms with Crippen LogP contribution in [0.25, 0.3) is 0 Å². The van der Waals surface area contributed by atoms with Crippen LogP contribution in [0.3, 0.4) is 0 Å². The SMILES string of the molecule is C[C@@H](NS(=O)(=O)c1cc2c(cc1Br)OCCO2)C(=O)N1CCCC[C@@H]1C. The van der Waals surface area contributed by atoms with Gasteiger partial charge in [0.05, 0.1) is 6.04 Å². The number of fused-ring (bicyclic) bond motifs is 1. The van der Waals surface area contributed by atoms with Gasteiger partial charge in [0.15, 0.2) is 11.5 Å². The number of hydrogen-bond donors (Lipinski definition) is 1. The molecule has 3 rings (SSSR count). The molecule has 1 fully saturated rings. The van der Waals surface area contributed by atoms with Crippen LogP contribution in [0.2, 0.25) is 0 Å². The summed E-state index contributed by atoms with van der Waals surface area (Å²) < 4.78 is 39.4. The molecule has 2 heterocycles. The fraction of sp³-hybridized carbons (Fsp3) is 0.588. The zero-order chi connectivity index (χ0) is 18.9. The lowest BCUT2D eigenvalue weighted by molar-refractivity contribution is -0.135. The summed E-state index contributed by atoms with van der Waals surface area (Å²) in [5.74, 6) is 0.672. The van der Waals surface area contributed by atoms with Gasteiger partial charge in [-0.1, -0.05) is 0 Å². The van der Waals surface area contributed by atoms with Crippen molar-refractivity contribution < 1.29 is 22.7 Å². The molecule has 9 heteroatoms. The summed E-state index contributed by atoms with van der Waals surface area (Å²) in [7, 11) is -3.90. The molecule has 26 heavy (non-hydrogen) atoms. The number of nitrogens with one attached hydrogen (secondary N) is 1. The van der Waals surface area contributed by atoms with Crippen LogP contribution in [0.4, 0.5) is 0 Å². The second-order valence-corrected chi connectivity index (χ2v) is 9.18. The zero-order valence-corrected chi connectivity index (χ0v) is 17.2. The molecular formula is C17H23BrN2O5S. The number of likely N-dealkylation sites (tertiary alicyclic amines) is 1. The first-order valence-corrected chi connectivity index (χ1v) is 11.0. The Morgan fingerprint density at radius 3 is 2.58 bits per heavy atom. The highest BCUT2D eigenvalue weighted by Crippen LogP contribution is 2.37. The summed E-state index contributed by atoms with van der Waals surface area (Å²) in [5, 5.41) is 0. The third-order valence-electron chi connectivity index (χ3n) is 4.67. The smallest absolute Gasteiger partial charge is 0.242 e. The largest absolute Gasteiger partial charge is 0.486 e. The molecular weight excluding hydrogens is 424 g/mol. The van der Waals surface area contributed by atoms with Gasteiger partial charge in [0.1, 0.15) is 18.1 Å². The van der Waals surface area contributed by atoms with Crippen molar-refractivity contribution in [2.75, 3.05) is 19.8 Å². The maximum absolute atomic E-state index is 12.8. The Morgan fingerprint density at radius 2 is 1.92 bits per heavy atom. The highest BCUT2D eigenvalue weighted by Gasteiger charge is 2.31. The van der Waals surface area contributed by atoms with Crippen molar-refractivity contribution in [1.82, 2.24) is 9.62 Å². The second-order valence-electron chi connectivity index (χ2n) is 6.65. The molecule has 0 saturated carbocycles. The minimum atomic E-state index is -3.90. The van der Waals surface area contributed by atoms with Crippen LogP contribution in [0.5, 0.6) is 11.5 Å². The van der Waals surface area contributed by atoms with E-state index in [2.05, 4.69) is 20.7 Å². The Hall–Kier alpha value is -1.32. The minimum Gasteiger partial charge on any atom is -0.486 e. The van der Waals surface area contributed by atoms with Gasteiger partial charge in [0.25, 0.3) is 0 Å². The first kappa shape index (κ1) is 19.4. The lowest BCUT2D eigenvalue weighted by Gasteiger charge is -2.35. The van der Waals surface area contributed by atoms with Crippen molar-refractivity contribution in [2.45, 2.75) is 50.1 Å². The fourth-order valence-electron chi connectivity index (χ4n) is 3.27. The minimum absolute atomic E-state index is 0.0214. The van der Waals surface area contributed by atoms with Crippen molar-refractivity contribution in [3.8, 4) is 11.5 Å². The van der Waals surface area contributed by atoms with Gasteiger partial charge >= 0.3 is 0 Å². The zero-order valence-electron chi connectivity index (χ0n) is 14.8. The average Bonchev–Trinajstić information content (AvgIpc) is 2.60. The van der Waals surface area contributed by atoms with Gasteiger partial charge in [-0.3, -0.25) is 4.79 Å². The molecule has 0 radical (unpaired) electrons. The van der Waals surface area contributed by atoms with Crippen molar-refractivity contribution in [3.05, 3.63) is 16.6 Å². The van der Waals surface area contributed by atoms with E-state index in [-0.39, 0.29) is 16.8 Å². The van der Waals surface area contributed by atoms with Gasteiger partial charge in [-0.15, -0.1) is 0 Å². The standard InChI is InChI=1S/C17H23BrN2O5S/c1-11-5-3-4-6-20(11)17(21)12(2)19-26(22,23)16-10-15-14(9-13(16)18)24-7-8-25-15/h9-12,19H,3-8H2,1-2H3/t11-,12+/m0/s1. The number of rotatable bonds is 4. The summed E-state index contributed by atoms with van der Waals surface area (Å²) in [6, 6.07) is 2.27. The molecule has 0 aliphatic carbocycles. The van der Waals surface area contributed by atoms with E-state index in [9.17, 15) is 13.2 Å². The highest BCUT2D eigenvalue weighted by atomic mass is 79.9. The van der Waals surface area contributed by atoms with E-state index in [0.29, 0.717) is 35.7 Å². The van der Waals surface area contributed by atoms with Gasteiger partial charge in [0.2, 0.25) is 15.9 Å². The van der Waals surface area contributed by atoms with Crippen LogP contribution in [0, 0.1) is 0 Å². The monoisotopic (exact) mass is 446 g/mol. The van der Waals surface area contributed by atoms with Crippen LogP contribution in [0.15, 0.2) is 21.5 Å². The van der Waals surface area contributed by atoms with E-state index in [1.54, 1.807) is 17.9 Å². The third kappa shape index (κ3) is 3.99. The number of amides is 1. The number of piperidine rings is 1. The number of halogens is 1. The van der Waals surface area contributed by atoms with Crippen LogP contribution in [0.1, 0.15) is 33.1 Å². The van der Waals surface area contributed by atoms with Crippen LogP contribution in [-0.4, -0.2) is 51.1 Å². The molecule has 1 N–H and O–H groups in total. The maximum Gasteiger partial charge on any atom is 0.242 e. The van der Waals surface area contributed by atoms with Crippen LogP contribution in [-0.2, 0) is 14.8 Å². The molecule has 0 aromatic heterocycles. The number of sulfonamides is 1. The summed E-state index contributed by atoms with van der Waals surface area (Å²) in [6.45, 7) is 5.02. The number of ether oxygens (including phenoxy) is 2. The predicted octanol–water partition coefficient (Wildman–Crippen LogP) is 2.29. The van der Waals surface area contributed by atoms with Gasteiger partial charge < -0.3 is 14.4 Å². The molecule has 2 aliphatic heterocycles. The Morgan fingerprint density at radius 1 is 1.27 bits per heavy atom. The number of carbonyl (C=O) groups is 1. The number of nitrogens with zero attached hydrogens (tertiary/aromatic N) is 1. The third-order valence-corrected chi connectivity index (χ3v) is 7.17. The number of carbonyl (C=O) groups excluding carboxylic acids is 1. The second kappa shape index (κ2) is 7.74. The summed E-state index contributed by atoms with van der Waals surface area (Å²) in [4.78, 5) is 14.5. The summed E-state index contributed by atoms with van der Waals surface area (Å²) in [6.07, 6.45) is 2.98. The average molecular weight is 447 g/mol. The fourth-order valence-corrected chi connectivity index (χ4v) is 5.50. The lowest BCUT2D eigenvalue weighted by Crippen LogP contribution is -2.51. The number of hydrogen-bond acceptors (Lipinski definition) is 5. The van der Waals surface area contributed by atoms with Gasteiger partial charge in [-0.25, -0.2) is 8.42 Å². The molecule has 2 aliphatic rings. The quantitative estimate of drug-likeness (QED) is 0.766. The Labute approximate surface area is 162 Å². The van der Waals surface area contributed by atoms with Crippen LogP contribution < -0.4 is 14.2 Å². The summed E-state index contributed by atoms with van der Waals surface area (Å²) >= 11 is 3.27. The van der Waals surface area contributed by atoms with E-state index in [1.807, 2.05) is 6.92 Å². The van der Waals surface area contributed by atoms with Crippen molar-refractivity contribution in [2.24, 2.45) is 0 Å². The molecule has 1 aromatic carbocycles. The molecule has 1 amide bonds. The molecule has 0 unspecified atom stereocenters. The molecule has 0 spiro atoms. The normalized spacial score (nSPS) is 21.3. The topological polar surface area (TPSA) is 84.9 Å². The van der Waals surface area contributed by atoms with E-state index in [1.165, 1.54) is 6.07 Å². The summed E-state index contributed by atoms with van der Waals surface area (Å²) in [5.41, 5.74) is 0. The Bertz CT molecular complexity index is 799. The lowest BCUT2D eigenvalue weighted by atomic mass is 10.0. The van der Waals surface area contributed by atoms with Crippen molar-refractivity contribution in [3.63, 3.8) is 0 Å². The Balaban J connectivity index is 1.79. The first-order valence-electron chi connectivity index (χ1n) is 8.71. The molecule has 2 atom stereocenters. The van der Waals surface area contributed by atoms with Gasteiger partial charge in [-0.2, -0.15) is 4.72 Å². The Kier molecular flexibility index (Phi) is 5.78. The van der Waals surface area contributed by atoms with Crippen molar-refractivity contribution >= 4 is 31.9 Å². The maximum atomic E-state index is 12.8. The predicted molar refractivity (Wildman–Crippen MR) is 99.9 cm³/mol. The van der Waals surface area contributed by atoms with E-state index in [0.717, 1.165) is 19.3 Å². The highest BCUT2D eigenvalue weighted by molar-refractivity contribution is 9.10. The number of benzene rings is 1. The van der Waals surface area contributed by atoms with Crippen LogP contribution >= 0.6 is 15.9 Å². The van der Waals surface area contributed by atoms with Crippen molar-refractivity contribution in [1.29, 1.82) is 0 Å². The molecule has 1 saturated heterocycles. The molecule has 0 bridgehead atoms. The van der Waals surface area contributed by atoms with E-state index < -0.39 is 16.1 Å². The molecule has 144 valence electrons. The molecule has 7 nitrogen and oxygen atoms in total. The first-order chi connectivity index (χ1) is 12.3. The van der Waals surface area contributed by atoms with Gasteiger partial charge in [0, 0.05) is 23.1 Å². The van der Waals surface area contributed by atoms with E-state index in [4.69, 9.17) is 9.47 Å². The van der Waals surface area contributed by atoms with Gasteiger partial charge in [-0.05, 0) is 55.1 Å². The molecule has 1 aromatic rings. The van der Waals surface area contributed by atoms with E-state index >= 15 is 0 Å².